The number of hydrogen-bond acceptors (Lipinski definition) is 3. The molecule has 2 N–H and O–H groups in total. The predicted octanol–water partition coefficient (Wildman–Crippen LogP) is 1.55. The molecule has 2 rings (SSSR count). The summed E-state index contributed by atoms with van der Waals surface area (Å²) in [5.74, 6) is 0. The van der Waals surface area contributed by atoms with Gasteiger partial charge in [0, 0.05) is 13.2 Å². The van der Waals surface area contributed by atoms with Crippen molar-refractivity contribution in [2.75, 3.05) is 11.9 Å². The molecule has 1 heterocycles. The van der Waals surface area contributed by atoms with Crippen LogP contribution in [-0.2, 0) is 0 Å². The van der Waals surface area contributed by atoms with Gasteiger partial charge in [0.25, 0.3) is 0 Å². The zero-order chi connectivity index (χ0) is 10.0. The molecule has 1 radical (unpaired) electrons. The van der Waals surface area contributed by atoms with Gasteiger partial charge in [0.15, 0.2) is 0 Å². The lowest BCUT2D eigenvalue weighted by atomic mass is 10.1. The molecule has 0 spiro atoms. The molecule has 1 aliphatic rings. The van der Waals surface area contributed by atoms with E-state index in [-0.39, 0.29) is 5.66 Å². The van der Waals surface area contributed by atoms with Gasteiger partial charge in [-0.3, -0.25) is 4.98 Å². The maximum Gasteiger partial charge on any atom is 0.114 e. The molecular weight excluding hydrogens is 174 g/mol. The Bertz CT molecular complexity index is 291. The van der Waals surface area contributed by atoms with Crippen molar-refractivity contribution in [1.82, 2.24) is 4.98 Å². The molecule has 0 aliphatic heterocycles. The van der Waals surface area contributed by atoms with Crippen LogP contribution in [0.5, 0.6) is 0 Å². The third kappa shape index (κ3) is 1.60. The van der Waals surface area contributed by atoms with Crippen LogP contribution in [0.2, 0.25) is 0 Å². The molecular formula is C11H16N3. The van der Waals surface area contributed by atoms with Crippen LogP contribution in [0.25, 0.3) is 0 Å². The van der Waals surface area contributed by atoms with Gasteiger partial charge >= 0.3 is 0 Å². The Hall–Kier alpha value is -1.09. The topological polar surface area (TPSA) is 42.2 Å². The quantitative estimate of drug-likeness (QED) is 0.719. The molecule has 0 bridgehead atoms. The minimum Gasteiger partial charge on any atom is -0.355 e. The highest BCUT2D eigenvalue weighted by atomic mass is 15.3. The lowest BCUT2D eigenvalue weighted by Crippen LogP contribution is -2.52. The molecule has 1 saturated carbocycles. The first kappa shape index (κ1) is 9.46. The van der Waals surface area contributed by atoms with Crippen LogP contribution in [0, 0.1) is 6.20 Å². The van der Waals surface area contributed by atoms with Crippen LogP contribution < -0.4 is 10.6 Å². The predicted molar refractivity (Wildman–Crippen MR) is 56.9 cm³/mol. The average molecular weight is 190 g/mol. The van der Waals surface area contributed by atoms with E-state index < -0.39 is 0 Å². The second-order valence-corrected chi connectivity index (χ2v) is 4.00. The second-order valence-electron chi connectivity index (χ2n) is 4.00. The van der Waals surface area contributed by atoms with Gasteiger partial charge in [-0.2, -0.15) is 0 Å². The number of nitrogens with zero attached hydrogens (tertiary/aromatic N) is 2. The number of pyridine rings is 1. The van der Waals surface area contributed by atoms with E-state index in [0.717, 1.165) is 18.5 Å². The van der Waals surface area contributed by atoms with Crippen molar-refractivity contribution in [1.29, 1.82) is 0 Å². The van der Waals surface area contributed by atoms with Gasteiger partial charge in [-0.15, -0.1) is 0 Å². The van der Waals surface area contributed by atoms with Crippen LogP contribution in [0.3, 0.4) is 0 Å². The van der Waals surface area contributed by atoms with Gasteiger partial charge in [0.2, 0.25) is 0 Å². The highest BCUT2D eigenvalue weighted by Gasteiger charge is 2.33. The summed E-state index contributed by atoms with van der Waals surface area (Å²) in [5, 5.41) is 0. The van der Waals surface area contributed by atoms with E-state index in [4.69, 9.17) is 5.73 Å². The Balaban J connectivity index is 2.19. The first-order valence-electron chi connectivity index (χ1n) is 5.08. The van der Waals surface area contributed by atoms with E-state index in [1.807, 2.05) is 19.2 Å². The van der Waals surface area contributed by atoms with Gasteiger partial charge in [-0.05, 0) is 37.8 Å². The molecule has 0 saturated heterocycles. The second kappa shape index (κ2) is 3.58. The number of anilines is 1. The molecule has 1 aliphatic carbocycles. The van der Waals surface area contributed by atoms with Gasteiger partial charge in [-0.25, -0.2) is 0 Å². The average Bonchev–Trinajstić information content (AvgIpc) is 2.67. The molecule has 0 amide bonds. The normalized spacial score (nSPS) is 19.6. The molecule has 3 nitrogen and oxygen atoms in total. The molecule has 0 aromatic carbocycles. The number of hydrogen-bond donors (Lipinski definition) is 1. The Morgan fingerprint density at radius 2 is 2.21 bits per heavy atom. The lowest BCUT2D eigenvalue weighted by molar-refractivity contribution is 0.431. The minimum atomic E-state index is -0.181. The van der Waals surface area contributed by atoms with E-state index in [1.165, 1.54) is 12.8 Å². The molecule has 75 valence electrons. The van der Waals surface area contributed by atoms with Crippen molar-refractivity contribution in [3.63, 3.8) is 0 Å². The maximum atomic E-state index is 6.31. The smallest absolute Gasteiger partial charge is 0.114 e. The zero-order valence-electron chi connectivity index (χ0n) is 8.53. The Labute approximate surface area is 84.9 Å². The Morgan fingerprint density at radius 3 is 2.79 bits per heavy atom. The Morgan fingerprint density at radius 1 is 1.50 bits per heavy atom. The maximum absolute atomic E-state index is 6.31. The number of aromatic nitrogens is 1. The number of rotatable bonds is 2. The first-order chi connectivity index (χ1) is 6.72. The molecule has 1 aromatic heterocycles. The van der Waals surface area contributed by atoms with Crippen molar-refractivity contribution < 1.29 is 0 Å². The van der Waals surface area contributed by atoms with Crippen LogP contribution in [-0.4, -0.2) is 17.7 Å². The molecule has 3 heteroatoms. The van der Waals surface area contributed by atoms with E-state index >= 15 is 0 Å². The standard InChI is InChI=1S/C11H16N3/c1-14(10-5-4-8-13-9-10)11(12)6-2-3-7-11/h4-5,8H,2-3,6-7,12H2,1H3. The van der Waals surface area contributed by atoms with Gasteiger partial charge in [-0.1, -0.05) is 0 Å². The van der Waals surface area contributed by atoms with E-state index in [1.54, 1.807) is 6.20 Å². The van der Waals surface area contributed by atoms with E-state index in [0.29, 0.717) is 0 Å². The lowest BCUT2D eigenvalue weighted by Gasteiger charge is -2.36. The number of nitrogens with two attached hydrogens (primary N) is 1. The third-order valence-electron chi connectivity index (χ3n) is 3.09. The fourth-order valence-electron chi connectivity index (χ4n) is 2.07. The van der Waals surface area contributed by atoms with Crippen LogP contribution >= 0.6 is 0 Å². The van der Waals surface area contributed by atoms with Gasteiger partial charge < -0.3 is 10.6 Å². The van der Waals surface area contributed by atoms with E-state index in [2.05, 4.69) is 16.1 Å². The molecule has 1 fully saturated rings. The van der Waals surface area contributed by atoms with Crippen LogP contribution in [0.4, 0.5) is 5.69 Å². The summed E-state index contributed by atoms with van der Waals surface area (Å²) in [6.07, 6.45) is 9.27. The first-order valence-corrected chi connectivity index (χ1v) is 5.08. The monoisotopic (exact) mass is 190 g/mol. The molecule has 0 atom stereocenters. The van der Waals surface area contributed by atoms with Crippen molar-refractivity contribution in [2.24, 2.45) is 5.73 Å². The largest absolute Gasteiger partial charge is 0.355 e. The van der Waals surface area contributed by atoms with Crippen molar-refractivity contribution in [3.8, 4) is 0 Å². The highest BCUT2D eigenvalue weighted by Crippen LogP contribution is 2.32. The molecule has 1 aromatic rings. The van der Waals surface area contributed by atoms with Crippen LogP contribution in [0.1, 0.15) is 25.7 Å². The Kier molecular flexibility index (Phi) is 2.42. The van der Waals surface area contributed by atoms with Crippen molar-refractivity contribution in [3.05, 3.63) is 24.5 Å². The fraction of sp³-hybridized carbons (Fsp3) is 0.545. The summed E-state index contributed by atoms with van der Waals surface area (Å²) >= 11 is 0. The summed E-state index contributed by atoms with van der Waals surface area (Å²) < 4.78 is 0. The molecule has 14 heavy (non-hydrogen) atoms. The summed E-state index contributed by atoms with van der Waals surface area (Å²) in [4.78, 5) is 6.09. The summed E-state index contributed by atoms with van der Waals surface area (Å²) in [6, 6.07) is 3.92. The fourth-order valence-corrected chi connectivity index (χ4v) is 2.07. The van der Waals surface area contributed by atoms with Gasteiger partial charge in [0.1, 0.15) is 6.20 Å². The van der Waals surface area contributed by atoms with Crippen molar-refractivity contribution >= 4 is 5.69 Å². The molecule has 0 unspecified atom stereocenters. The SMILES string of the molecule is CN(c1[c]nccc1)C1(N)CCCC1. The van der Waals surface area contributed by atoms with E-state index in [9.17, 15) is 0 Å². The minimum absolute atomic E-state index is 0.181. The third-order valence-corrected chi connectivity index (χ3v) is 3.09. The summed E-state index contributed by atoms with van der Waals surface area (Å²) in [6.45, 7) is 0. The summed E-state index contributed by atoms with van der Waals surface area (Å²) in [5.41, 5.74) is 7.11. The van der Waals surface area contributed by atoms with Crippen molar-refractivity contribution in [2.45, 2.75) is 31.3 Å². The van der Waals surface area contributed by atoms with Crippen LogP contribution in [0.15, 0.2) is 18.3 Å². The summed E-state index contributed by atoms with van der Waals surface area (Å²) in [7, 11) is 2.03. The highest BCUT2D eigenvalue weighted by molar-refractivity contribution is 5.44. The zero-order valence-corrected chi connectivity index (χ0v) is 8.53. The van der Waals surface area contributed by atoms with Gasteiger partial charge in [0.05, 0.1) is 11.4 Å².